The molecule has 1 aliphatic carbocycles. The Hall–Kier alpha value is 0.360. The van der Waals surface area contributed by atoms with E-state index in [0.717, 1.165) is 8.26 Å². The van der Waals surface area contributed by atoms with Gasteiger partial charge in [0.15, 0.2) is 0 Å². The fraction of sp³-hybridized carbons (Fsp3) is 0.333. The zero-order valence-corrected chi connectivity index (χ0v) is 15.8. The van der Waals surface area contributed by atoms with Crippen molar-refractivity contribution in [1.29, 1.82) is 0 Å². The fourth-order valence-electron chi connectivity index (χ4n) is 2.56. The van der Waals surface area contributed by atoms with E-state index in [1.807, 2.05) is 0 Å². The van der Waals surface area contributed by atoms with Gasteiger partial charge in [-0.2, -0.15) is 0 Å². The second-order valence-corrected chi connectivity index (χ2v) is 9.04. The van der Waals surface area contributed by atoms with Gasteiger partial charge in [0.1, 0.15) is 0 Å². The van der Waals surface area contributed by atoms with Gasteiger partial charge in [0, 0.05) is 9.35 Å². The summed E-state index contributed by atoms with van der Waals surface area (Å²) >= 11 is 12.7. The van der Waals surface area contributed by atoms with Crippen LogP contribution in [-0.2, 0) is 12.8 Å². The Kier molecular flexibility index (Phi) is 4.52. The van der Waals surface area contributed by atoms with Crippen LogP contribution in [0.2, 0.25) is 0 Å². The van der Waals surface area contributed by atoms with Crippen LogP contribution >= 0.6 is 59.1 Å². The van der Waals surface area contributed by atoms with Crippen molar-refractivity contribution in [3.63, 3.8) is 0 Å². The van der Waals surface area contributed by atoms with Crippen LogP contribution in [0.15, 0.2) is 32.5 Å². The average molecular weight is 465 g/mol. The quantitative estimate of drug-likeness (QED) is 0.437. The third kappa shape index (κ3) is 3.02. The molecule has 0 fully saturated rings. The Balaban J connectivity index is 1.93. The zero-order valence-electron chi connectivity index (χ0n) is 10.3. The SMILES string of the molecule is Brc1cc(C(Br)c2ccc3c(c2)CCCC3)sc1Br. The molecule has 0 saturated heterocycles. The van der Waals surface area contributed by atoms with Crippen LogP contribution in [-0.4, -0.2) is 0 Å². The zero-order chi connectivity index (χ0) is 13.4. The molecule has 1 heterocycles. The highest BCUT2D eigenvalue weighted by molar-refractivity contribution is 9.13. The summed E-state index contributed by atoms with van der Waals surface area (Å²) in [6.07, 6.45) is 5.16. The number of aryl methyl sites for hydroxylation is 2. The maximum Gasteiger partial charge on any atom is 0.0843 e. The van der Waals surface area contributed by atoms with Gasteiger partial charge in [-0.3, -0.25) is 0 Å². The van der Waals surface area contributed by atoms with Crippen LogP contribution in [0.1, 0.15) is 39.2 Å². The minimum atomic E-state index is 0.285. The summed E-state index contributed by atoms with van der Waals surface area (Å²) in [6.45, 7) is 0. The van der Waals surface area contributed by atoms with Gasteiger partial charge >= 0.3 is 0 Å². The van der Waals surface area contributed by atoms with Crippen LogP contribution in [0.25, 0.3) is 0 Å². The predicted octanol–water partition coefficient (Wildman–Crippen LogP) is 6.64. The third-order valence-corrected chi connectivity index (χ3v) is 8.23. The number of rotatable bonds is 2. The summed E-state index contributed by atoms with van der Waals surface area (Å²) in [5.74, 6) is 0. The van der Waals surface area contributed by atoms with E-state index >= 15 is 0 Å². The number of hydrogen-bond acceptors (Lipinski definition) is 1. The summed E-state index contributed by atoms with van der Waals surface area (Å²) in [5, 5.41) is 0. The molecule has 0 nitrogen and oxygen atoms in total. The molecular weight excluding hydrogens is 452 g/mol. The maximum absolute atomic E-state index is 3.84. The Morgan fingerprint density at radius 3 is 2.42 bits per heavy atom. The highest BCUT2D eigenvalue weighted by atomic mass is 79.9. The Morgan fingerprint density at radius 1 is 1.00 bits per heavy atom. The molecule has 0 radical (unpaired) electrons. The van der Waals surface area contributed by atoms with E-state index in [0.29, 0.717) is 0 Å². The van der Waals surface area contributed by atoms with Crippen molar-refractivity contribution in [3.8, 4) is 0 Å². The van der Waals surface area contributed by atoms with Gasteiger partial charge in [-0.05, 0) is 80.3 Å². The van der Waals surface area contributed by atoms with E-state index in [4.69, 9.17) is 0 Å². The van der Waals surface area contributed by atoms with E-state index in [-0.39, 0.29) is 4.83 Å². The lowest BCUT2D eigenvalue weighted by Gasteiger charge is -2.18. The summed E-state index contributed by atoms with van der Waals surface area (Å²) in [4.78, 5) is 1.61. The second kappa shape index (κ2) is 6.00. The normalized spacial score (nSPS) is 16.2. The molecule has 1 atom stereocenters. The maximum atomic E-state index is 3.84. The van der Waals surface area contributed by atoms with Gasteiger partial charge in [-0.25, -0.2) is 0 Å². The van der Waals surface area contributed by atoms with Crippen molar-refractivity contribution < 1.29 is 0 Å². The fourth-order valence-corrected chi connectivity index (χ4v) is 5.36. The molecule has 0 saturated carbocycles. The van der Waals surface area contributed by atoms with Crippen molar-refractivity contribution in [2.24, 2.45) is 0 Å². The minimum Gasteiger partial charge on any atom is -0.131 e. The lowest BCUT2D eigenvalue weighted by atomic mass is 9.90. The Morgan fingerprint density at radius 2 is 1.74 bits per heavy atom. The molecule has 0 aliphatic heterocycles. The molecule has 3 rings (SSSR count). The van der Waals surface area contributed by atoms with Crippen LogP contribution < -0.4 is 0 Å². The molecule has 19 heavy (non-hydrogen) atoms. The van der Waals surface area contributed by atoms with Gasteiger partial charge in [-0.15, -0.1) is 11.3 Å². The second-order valence-electron chi connectivity index (χ2n) is 4.87. The van der Waals surface area contributed by atoms with Gasteiger partial charge in [-0.1, -0.05) is 34.1 Å². The van der Waals surface area contributed by atoms with Gasteiger partial charge in [0.25, 0.3) is 0 Å². The summed E-state index contributed by atoms with van der Waals surface area (Å²) in [6, 6.07) is 9.16. The van der Waals surface area contributed by atoms with E-state index in [1.54, 1.807) is 22.5 Å². The molecule has 0 spiro atoms. The number of hydrogen-bond donors (Lipinski definition) is 0. The van der Waals surface area contributed by atoms with Gasteiger partial charge in [0.2, 0.25) is 0 Å². The molecular formula is C15H13Br3S. The van der Waals surface area contributed by atoms with Crippen LogP contribution in [0.3, 0.4) is 0 Å². The largest absolute Gasteiger partial charge is 0.131 e. The van der Waals surface area contributed by atoms with Crippen LogP contribution in [0.5, 0.6) is 0 Å². The van der Waals surface area contributed by atoms with E-state index in [1.165, 1.54) is 36.1 Å². The molecule has 0 bridgehead atoms. The Labute approximate surface area is 143 Å². The average Bonchev–Trinajstić information content (AvgIpc) is 2.77. The first kappa shape index (κ1) is 14.3. The van der Waals surface area contributed by atoms with Crippen molar-refractivity contribution in [1.82, 2.24) is 0 Å². The molecule has 0 N–H and O–H groups in total. The lowest BCUT2D eigenvalue weighted by molar-refractivity contribution is 0.684. The summed E-state index contributed by atoms with van der Waals surface area (Å²) in [5.41, 5.74) is 4.45. The molecule has 1 unspecified atom stereocenters. The van der Waals surface area contributed by atoms with Crippen molar-refractivity contribution in [2.75, 3.05) is 0 Å². The molecule has 1 aromatic carbocycles. The number of benzene rings is 1. The molecule has 0 amide bonds. The minimum absolute atomic E-state index is 0.285. The Bertz CT molecular complexity index is 584. The van der Waals surface area contributed by atoms with Crippen molar-refractivity contribution in [2.45, 2.75) is 30.5 Å². The van der Waals surface area contributed by atoms with Crippen molar-refractivity contribution >= 4 is 59.1 Å². The molecule has 100 valence electrons. The van der Waals surface area contributed by atoms with Crippen molar-refractivity contribution in [3.05, 3.63) is 54.1 Å². The third-order valence-electron chi connectivity index (χ3n) is 3.58. The van der Waals surface area contributed by atoms with Gasteiger partial charge in [0.05, 0.1) is 8.61 Å². The number of thiophene rings is 1. The number of fused-ring (bicyclic) bond motifs is 1. The topological polar surface area (TPSA) is 0 Å². The standard InChI is InChI=1S/C15H13Br3S/c16-12-8-13(19-15(12)18)14(17)11-6-5-9-3-1-2-4-10(9)7-11/h5-8,14H,1-4H2. The molecule has 4 heteroatoms. The first-order valence-corrected chi connectivity index (χ1v) is 9.67. The molecule has 1 aliphatic rings. The highest BCUT2D eigenvalue weighted by Crippen LogP contribution is 2.42. The van der Waals surface area contributed by atoms with E-state index < -0.39 is 0 Å². The monoisotopic (exact) mass is 462 g/mol. The summed E-state index contributed by atoms with van der Waals surface area (Å²) in [7, 11) is 0. The lowest BCUT2D eigenvalue weighted by Crippen LogP contribution is -2.03. The highest BCUT2D eigenvalue weighted by Gasteiger charge is 2.17. The first-order valence-electron chi connectivity index (χ1n) is 6.35. The molecule has 1 aromatic heterocycles. The first-order chi connectivity index (χ1) is 9.15. The summed E-state index contributed by atoms with van der Waals surface area (Å²) < 4.78 is 2.29. The van der Waals surface area contributed by atoms with Crippen LogP contribution in [0.4, 0.5) is 0 Å². The smallest absolute Gasteiger partial charge is 0.0843 e. The number of halogens is 3. The number of alkyl halides is 1. The predicted molar refractivity (Wildman–Crippen MR) is 93.6 cm³/mol. The molecule has 2 aromatic rings. The van der Waals surface area contributed by atoms with E-state index in [9.17, 15) is 0 Å². The van der Waals surface area contributed by atoms with Crippen LogP contribution in [0, 0.1) is 0 Å². The van der Waals surface area contributed by atoms with E-state index in [2.05, 4.69) is 72.1 Å². The van der Waals surface area contributed by atoms with Gasteiger partial charge < -0.3 is 0 Å².